The molecule has 3 rings (SSSR count). The Kier molecular flexibility index (Phi) is 2.41. The molecule has 0 spiro atoms. The van der Waals surface area contributed by atoms with Gasteiger partial charge < -0.3 is 15.0 Å². The predicted octanol–water partition coefficient (Wildman–Crippen LogP) is 1.30. The van der Waals surface area contributed by atoms with Crippen molar-refractivity contribution in [3.05, 3.63) is 36.0 Å². The Hall–Kier alpha value is -1.81. The van der Waals surface area contributed by atoms with Gasteiger partial charge in [0.15, 0.2) is 0 Å². The zero-order chi connectivity index (χ0) is 12.8. The maximum Gasteiger partial charge on any atom is 0.227 e. The van der Waals surface area contributed by atoms with Crippen molar-refractivity contribution < 1.29 is 9.90 Å². The number of fused-ring (bicyclic) bond motifs is 1. The zero-order valence-corrected chi connectivity index (χ0v) is 10.3. The molecule has 1 aromatic carbocycles. The molecule has 2 aromatic rings. The van der Waals surface area contributed by atoms with Crippen LogP contribution in [0.1, 0.15) is 12.5 Å². The highest BCUT2D eigenvalue weighted by Gasteiger charge is 2.39. The van der Waals surface area contributed by atoms with E-state index in [0.717, 1.165) is 16.5 Å². The molecule has 1 amide bonds. The number of aliphatic hydroxyl groups is 1. The molecule has 0 unspecified atom stereocenters. The summed E-state index contributed by atoms with van der Waals surface area (Å²) >= 11 is 0. The van der Waals surface area contributed by atoms with Crippen LogP contribution in [0.5, 0.6) is 0 Å². The fourth-order valence-corrected chi connectivity index (χ4v) is 2.50. The van der Waals surface area contributed by atoms with Crippen LogP contribution in [-0.4, -0.2) is 39.6 Å². The average molecular weight is 244 g/mol. The normalized spacial score (nSPS) is 17.8. The second-order valence-electron chi connectivity index (χ2n) is 5.28. The molecule has 94 valence electrons. The average Bonchev–Trinajstić information content (AvgIpc) is 2.70. The minimum absolute atomic E-state index is 0.0753. The van der Waals surface area contributed by atoms with Crippen molar-refractivity contribution >= 4 is 16.8 Å². The molecule has 1 fully saturated rings. The molecule has 0 atom stereocenters. The third-order valence-corrected chi connectivity index (χ3v) is 3.43. The molecule has 0 aliphatic carbocycles. The number of aromatic amines is 1. The van der Waals surface area contributed by atoms with Crippen LogP contribution in [0.15, 0.2) is 30.5 Å². The molecule has 18 heavy (non-hydrogen) atoms. The summed E-state index contributed by atoms with van der Waals surface area (Å²) in [6, 6.07) is 7.95. The van der Waals surface area contributed by atoms with Crippen molar-refractivity contribution in [1.82, 2.24) is 9.88 Å². The molecule has 4 heteroatoms. The largest absolute Gasteiger partial charge is 0.386 e. The fourth-order valence-electron chi connectivity index (χ4n) is 2.50. The number of nitrogens with one attached hydrogen (secondary N) is 1. The van der Waals surface area contributed by atoms with Gasteiger partial charge in [0.2, 0.25) is 5.91 Å². The molecule has 1 aromatic heterocycles. The standard InChI is InChI=1S/C14H16N2O2/c1-14(18)8-16(9-14)13(17)6-10-7-15-12-5-3-2-4-11(10)12/h2-5,7,15,18H,6,8-9H2,1H3. The van der Waals surface area contributed by atoms with Gasteiger partial charge in [-0.3, -0.25) is 4.79 Å². The number of benzene rings is 1. The number of rotatable bonds is 2. The van der Waals surface area contributed by atoms with Crippen molar-refractivity contribution in [2.45, 2.75) is 18.9 Å². The lowest BCUT2D eigenvalue weighted by molar-refractivity contribution is -0.151. The Bertz CT molecular complexity index is 593. The van der Waals surface area contributed by atoms with Gasteiger partial charge >= 0.3 is 0 Å². The number of H-pyrrole nitrogens is 1. The van der Waals surface area contributed by atoms with Crippen LogP contribution in [0, 0.1) is 0 Å². The number of amides is 1. The predicted molar refractivity (Wildman–Crippen MR) is 69.2 cm³/mol. The molecular weight excluding hydrogens is 228 g/mol. The number of nitrogens with zero attached hydrogens (tertiary/aromatic N) is 1. The molecule has 0 bridgehead atoms. The molecule has 0 radical (unpaired) electrons. The fraction of sp³-hybridized carbons (Fsp3) is 0.357. The molecule has 4 nitrogen and oxygen atoms in total. The summed E-state index contributed by atoms with van der Waals surface area (Å²) < 4.78 is 0. The van der Waals surface area contributed by atoms with E-state index >= 15 is 0 Å². The monoisotopic (exact) mass is 244 g/mol. The van der Waals surface area contributed by atoms with E-state index in [9.17, 15) is 9.90 Å². The van der Waals surface area contributed by atoms with Crippen LogP contribution < -0.4 is 0 Å². The number of aromatic nitrogens is 1. The topological polar surface area (TPSA) is 56.3 Å². The molecule has 1 saturated heterocycles. The second-order valence-corrected chi connectivity index (χ2v) is 5.28. The Morgan fingerprint density at radius 2 is 2.17 bits per heavy atom. The summed E-state index contributed by atoms with van der Waals surface area (Å²) in [5, 5.41) is 10.7. The lowest BCUT2D eigenvalue weighted by atomic mass is 9.96. The SMILES string of the molecule is CC1(O)CN(C(=O)Cc2c[nH]c3ccccc23)C1. The highest BCUT2D eigenvalue weighted by Crippen LogP contribution is 2.23. The molecule has 2 heterocycles. The summed E-state index contributed by atoms with van der Waals surface area (Å²) in [6.45, 7) is 2.63. The molecule has 2 N–H and O–H groups in total. The number of carbonyl (C=O) groups excluding carboxylic acids is 1. The van der Waals surface area contributed by atoms with E-state index in [1.54, 1.807) is 11.8 Å². The van der Waals surface area contributed by atoms with Gasteiger partial charge in [-0.25, -0.2) is 0 Å². The minimum atomic E-state index is -0.699. The van der Waals surface area contributed by atoms with Crippen LogP contribution in [0.2, 0.25) is 0 Å². The van der Waals surface area contributed by atoms with E-state index in [1.807, 2.05) is 30.5 Å². The van der Waals surface area contributed by atoms with Crippen LogP contribution >= 0.6 is 0 Å². The van der Waals surface area contributed by atoms with E-state index in [0.29, 0.717) is 19.5 Å². The Morgan fingerprint density at radius 3 is 2.89 bits per heavy atom. The summed E-state index contributed by atoms with van der Waals surface area (Å²) in [7, 11) is 0. The van der Waals surface area contributed by atoms with Crippen molar-refractivity contribution in [3.63, 3.8) is 0 Å². The third kappa shape index (κ3) is 1.88. The Morgan fingerprint density at radius 1 is 1.44 bits per heavy atom. The Balaban J connectivity index is 1.75. The van der Waals surface area contributed by atoms with E-state index in [2.05, 4.69) is 4.98 Å². The minimum Gasteiger partial charge on any atom is -0.386 e. The van der Waals surface area contributed by atoms with E-state index in [4.69, 9.17) is 0 Å². The first kappa shape index (κ1) is 11.3. The quantitative estimate of drug-likeness (QED) is 0.836. The lowest BCUT2D eigenvalue weighted by Gasteiger charge is -2.44. The van der Waals surface area contributed by atoms with Gasteiger partial charge in [-0.1, -0.05) is 18.2 Å². The summed E-state index contributed by atoms with van der Waals surface area (Å²) in [6.07, 6.45) is 2.28. The van der Waals surface area contributed by atoms with Crippen molar-refractivity contribution in [1.29, 1.82) is 0 Å². The molecular formula is C14H16N2O2. The van der Waals surface area contributed by atoms with E-state index in [1.165, 1.54) is 0 Å². The summed E-state index contributed by atoms with van der Waals surface area (Å²) in [5.41, 5.74) is 1.37. The number of β-amino-alcohol motifs (C(OH)–C–C–N with tert-alkyl or cyclic N) is 1. The smallest absolute Gasteiger partial charge is 0.227 e. The van der Waals surface area contributed by atoms with Crippen molar-refractivity contribution in [2.75, 3.05) is 13.1 Å². The maximum absolute atomic E-state index is 12.0. The van der Waals surface area contributed by atoms with Crippen molar-refractivity contribution in [3.8, 4) is 0 Å². The van der Waals surface area contributed by atoms with Crippen LogP contribution in [0.25, 0.3) is 10.9 Å². The molecule has 1 aliphatic heterocycles. The summed E-state index contributed by atoms with van der Waals surface area (Å²) in [4.78, 5) is 16.9. The number of carbonyl (C=O) groups is 1. The van der Waals surface area contributed by atoms with E-state index in [-0.39, 0.29) is 5.91 Å². The van der Waals surface area contributed by atoms with Crippen LogP contribution in [0.4, 0.5) is 0 Å². The van der Waals surface area contributed by atoms with Gasteiger partial charge in [-0.2, -0.15) is 0 Å². The van der Waals surface area contributed by atoms with Gasteiger partial charge in [0.05, 0.1) is 25.1 Å². The number of para-hydroxylation sites is 1. The van der Waals surface area contributed by atoms with E-state index < -0.39 is 5.60 Å². The zero-order valence-electron chi connectivity index (χ0n) is 10.3. The second kappa shape index (κ2) is 3.85. The lowest BCUT2D eigenvalue weighted by Crippen LogP contribution is -2.62. The van der Waals surface area contributed by atoms with Gasteiger partial charge in [0.1, 0.15) is 0 Å². The van der Waals surface area contributed by atoms with Crippen LogP contribution in [0.3, 0.4) is 0 Å². The molecule has 0 saturated carbocycles. The molecule has 1 aliphatic rings. The van der Waals surface area contributed by atoms with Gasteiger partial charge in [-0.15, -0.1) is 0 Å². The Labute approximate surface area is 105 Å². The first-order valence-corrected chi connectivity index (χ1v) is 6.10. The van der Waals surface area contributed by atoms with Gasteiger partial charge in [-0.05, 0) is 18.6 Å². The van der Waals surface area contributed by atoms with Crippen LogP contribution in [-0.2, 0) is 11.2 Å². The number of likely N-dealkylation sites (tertiary alicyclic amines) is 1. The summed E-state index contributed by atoms with van der Waals surface area (Å²) in [5.74, 6) is 0.0753. The first-order valence-electron chi connectivity index (χ1n) is 6.10. The van der Waals surface area contributed by atoms with Gasteiger partial charge in [0, 0.05) is 17.1 Å². The first-order chi connectivity index (χ1) is 8.55. The number of hydrogen-bond donors (Lipinski definition) is 2. The van der Waals surface area contributed by atoms with Gasteiger partial charge in [0.25, 0.3) is 0 Å². The van der Waals surface area contributed by atoms with Crippen molar-refractivity contribution in [2.24, 2.45) is 0 Å². The highest BCUT2D eigenvalue weighted by molar-refractivity contribution is 5.89. The maximum atomic E-state index is 12.0. The number of hydrogen-bond acceptors (Lipinski definition) is 2. The third-order valence-electron chi connectivity index (χ3n) is 3.43. The highest BCUT2D eigenvalue weighted by atomic mass is 16.3.